The van der Waals surface area contributed by atoms with Gasteiger partial charge in [-0.25, -0.2) is 0 Å². The Morgan fingerprint density at radius 3 is 2.47 bits per heavy atom. The van der Waals surface area contributed by atoms with Crippen LogP contribution in [0.3, 0.4) is 0 Å². The molecule has 1 unspecified atom stereocenters. The first kappa shape index (κ1) is 14.7. The predicted octanol–water partition coefficient (Wildman–Crippen LogP) is 4.12. The van der Waals surface area contributed by atoms with E-state index < -0.39 is 0 Å². The van der Waals surface area contributed by atoms with Gasteiger partial charge in [-0.1, -0.05) is 45.4 Å². The fourth-order valence-corrected chi connectivity index (χ4v) is 2.89. The quantitative estimate of drug-likeness (QED) is 0.596. The third-order valence-corrected chi connectivity index (χ3v) is 3.93. The van der Waals surface area contributed by atoms with E-state index in [1.807, 2.05) is 0 Å². The first-order valence-electron chi connectivity index (χ1n) is 7.35. The molecule has 0 aliphatic heterocycles. The van der Waals surface area contributed by atoms with Gasteiger partial charge < -0.3 is 4.74 Å². The fraction of sp³-hybridized carbons (Fsp3) is 0.933. The highest BCUT2D eigenvalue weighted by molar-refractivity contribution is 5.83. The van der Waals surface area contributed by atoms with Gasteiger partial charge in [-0.3, -0.25) is 4.79 Å². The summed E-state index contributed by atoms with van der Waals surface area (Å²) in [5.41, 5.74) is 0. The van der Waals surface area contributed by atoms with Crippen LogP contribution in [0.15, 0.2) is 0 Å². The Bertz CT molecular complexity index is 207. The molecule has 1 rings (SSSR count). The van der Waals surface area contributed by atoms with E-state index >= 15 is 0 Å². The number of ketones is 1. The molecule has 0 N–H and O–H groups in total. The summed E-state index contributed by atoms with van der Waals surface area (Å²) in [6, 6.07) is 0. The minimum absolute atomic E-state index is 0.114. The van der Waals surface area contributed by atoms with Crippen molar-refractivity contribution in [3.8, 4) is 0 Å². The molecule has 1 aliphatic carbocycles. The van der Waals surface area contributed by atoms with E-state index in [0.717, 1.165) is 12.8 Å². The third-order valence-electron chi connectivity index (χ3n) is 3.93. The maximum Gasteiger partial charge on any atom is 0.161 e. The number of Topliss-reactive ketones (excluding diaryl/α,β-unsaturated/α-hetero) is 1. The van der Waals surface area contributed by atoms with Crippen molar-refractivity contribution in [2.75, 3.05) is 7.11 Å². The van der Waals surface area contributed by atoms with Crippen molar-refractivity contribution in [3.05, 3.63) is 0 Å². The van der Waals surface area contributed by atoms with Crippen molar-refractivity contribution in [3.63, 3.8) is 0 Å². The number of unbranched alkanes of at least 4 members (excludes halogenated alkanes) is 3. The molecule has 17 heavy (non-hydrogen) atoms. The molecular formula is C15H28O2. The maximum absolute atomic E-state index is 12.1. The van der Waals surface area contributed by atoms with E-state index in [9.17, 15) is 4.79 Å². The van der Waals surface area contributed by atoms with E-state index in [1.54, 1.807) is 7.11 Å². The SMILES string of the molecule is CCCCCCC(=O)C(OC)C1CCCCC1. The summed E-state index contributed by atoms with van der Waals surface area (Å²) >= 11 is 0. The Hall–Kier alpha value is -0.370. The van der Waals surface area contributed by atoms with Gasteiger partial charge >= 0.3 is 0 Å². The molecule has 0 aromatic rings. The summed E-state index contributed by atoms with van der Waals surface area (Å²) in [5.74, 6) is 0.836. The Labute approximate surface area is 106 Å². The fourth-order valence-electron chi connectivity index (χ4n) is 2.89. The molecule has 1 atom stereocenters. The van der Waals surface area contributed by atoms with Crippen LogP contribution in [0, 0.1) is 5.92 Å². The Morgan fingerprint density at radius 1 is 1.18 bits per heavy atom. The average Bonchev–Trinajstić information content (AvgIpc) is 2.37. The molecular weight excluding hydrogens is 212 g/mol. The van der Waals surface area contributed by atoms with Gasteiger partial charge in [-0.05, 0) is 25.2 Å². The number of carbonyl (C=O) groups excluding carboxylic acids is 1. The standard InChI is InChI=1S/C15H28O2/c1-3-4-5-9-12-14(16)15(17-2)13-10-7-6-8-11-13/h13,15H,3-12H2,1-2H3. The maximum atomic E-state index is 12.1. The van der Waals surface area contributed by atoms with E-state index in [1.165, 1.54) is 51.4 Å². The summed E-state index contributed by atoms with van der Waals surface area (Å²) in [4.78, 5) is 12.1. The van der Waals surface area contributed by atoms with Gasteiger partial charge in [-0.15, -0.1) is 0 Å². The molecule has 0 saturated heterocycles. The Kier molecular flexibility index (Phi) is 7.50. The average molecular weight is 240 g/mol. The van der Waals surface area contributed by atoms with Gasteiger partial charge in [0.15, 0.2) is 5.78 Å². The van der Waals surface area contributed by atoms with Crippen LogP contribution in [-0.2, 0) is 9.53 Å². The molecule has 0 aromatic carbocycles. The normalized spacial score (nSPS) is 19.2. The number of carbonyl (C=O) groups is 1. The van der Waals surface area contributed by atoms with Crippen LogP contribution in [0.1, 0.15) is 71.1 Å². The molecule has 0 bridgehead atoms. The van der Waals surface area contributed by atoms with Gasteiger partial charge in [0.05, 0.1) is 0 Å². The molecule has 1 fully saturated rings. The Morgan fingerprint density at radius 2 is 1.88 bits per heavy atom. The number of hydrogen-bond acceptors (Lipinski definition) is 2. The van der Waals surface area contributed by atoms with Crippen LogP contribution >= 0.6 is 0 Å². The summed E-state index contributed by atoms with van der Waals surface area (Å²) in [6.45, 7) is 2.20. The van der Waals surface area contributed by atoms with Crippen LogP contribution in [0.25, 0.3) is 0 Å². The molecule has 1 aliphatic rings. The summed E-state index contributed by atoms with van der Waals surface area (Å²) in [6.07, 6.45) is 11.5. The zero-order valence-electron chi connectivity index (χ0n) is 11.5. The van der Waals surface area contributed by atoms with Gasteiger partial charge in [0.1, 0.15) is 6.10 Å². The number of ether oxygens (including phenoxy) is 1. The predicted molar refractivity (Wildman–Crippen MR) is 71.1 cm³/mol. The smallest absolute Gasteiger partial charge is 0.161 e. The lowest BCUT2D eigenvalue weighted by Gasteiger charge is -2.28. The van der Waals surface area contributed by atoms with Gasteiger partial charge in [0, 0.05) is 13.5 Å². The minimum Gasteiger partial charge on any atom is -0.373 e. The second-order valence-corrected chi connectivity index (χ2v) is 5.33. The zero-order valence-corrected chi connectivity index (χ0v) is 11.5. The number of rotatable bonds is 8. The van der Waals surface area contributed by atoms with Crippen LogP contribution < -0.4 is 0 Å². The van der Waals surface area contributed by atoms with Crippen LogP contribution in [0.2, 0.25) is 0 Å². The summed E-state index contributed by atoms with van der Waals surface area (Å²) in [5, 5.41) is 0. The van der Waals surface area contributed by atoms with E-state index in [4.69, 9.17) is 4.74 Å². The zero-order chi connectivity index (χ0) is 12.5. The topological polar surface area (TPSA) is 26.3 Å². The minimum atomic E-state index is -0.114. The first-order valence-corrected chi connectivity index (χ1v) is 7.35. The molecule has 0 spiro atoms. The van der Waals surface area contributed by atoms with Crippen molar-refractivity contribution in [1.82, 2.24) is 0 Å². The molecule has 0 heterocycles. The van der Waals surface area contributed by atoms with Gasteiger partial charge in [0.25, 0.3) is 0 Å². The molecule has 1 saturated carbocycles. The van der Waals surface area contributed by atoms with E-state index in [-0.39, 0.29) is 6.10 Å². The van der Waals surface area contributed by atoms with Crippen LogP contribution in [0.5, 0.6) is 0 Å². The highest BCUT2D eigenvalue weighted by Crippen LogP contribution is 2.28. The van der Waals surface area contributed by atoms with Crippen LogP contribution in [0.4, 0.5) is 0 Å². The molecule has 100 valence electrons. The van der Waals surface area contributed by atoms with Gasteiger partial charge in [0.2, 0.25) is 0 Å². The monoisotopic (exact) mass is 240 g/mol. The number of methoxy groups -OCH3 is 1. The van der Waals surface area contributed by atoms with Crippen molar-refractivity contribution in [2.24, 2.45) is 5.92 Å². The van der Waals surface area contributed by atoms with Crippen molar-refractivity contribution in [1.29, 1.82) is 0 Å². The Balaban J connectivity index is 2.29. The molecule has 0 amide bonds. The first-order chi connectivity index (χ1) is 8.29. The summed E-state index contributed by atoms with van der Waals surface area (Å²) in [7, 11) is 1.70. The highest BCUT2D eigenvalue weighted by atomic mass is 16.5. The van der Waals surface area contributed by atoms with Crippen molar-refractivity contribution in [2.45, 2.75) is 77.2 Å². The lowest BCUT2D eigenvalue weighted by atomic mass is 9.83. The van der Waals surface area contributed by atoms with Crippen LogP contribution in [-0.4, -0.2) is 19.0 Å². The van der Waals surface area contributed by atoms with Gasteiger partial charge in [-0.2, -0.15) is 0 Å². The third kappa shape index (κ3) is 5.20. The van der Waals surface area contributed by atoms with E-state index in [0.29, 0.717) is 11.7 Å². The molecule has 2 heteroatoms. The molecule has 0 radical (unpaired) electrons. The van der Waals surface area contributed by atoms with E-state index in [2.05, 4.69) is 6.92 Å². The largest absolute Gasteiger partial charge is 0.373 e. The lowest BCUT2D eigenvalue weighted by molar-refractivity contribution is -0.132. The number of hydrogen-bond donors (Lipinski definition) is 0. The summed E-state index contributed by atoms with van der Waals surface area (Å²) < 4.78 is 5.46. The second-order valence-electron chi connectivity index (χ2n) is 5.33. The van der Waals surface area contributed by atoms with Crippen molar-refractivity contribution >= 4 is 5.78 Å². The molecule has 0 aromatic heterocycles. The lowest BCUT2D eigenvalue weighted by Crippen LogP contribution is -2.32. The highest BCUT2D eigenvalue weighted by Gasteiger charge is 2.28. The second kappa shape index (κ2) is 8.68. The van der Waals surface area contributed by atoms with Crippen molar-refractivity contribution < 1.29 is 9.53 Å². The molecule has 2 nitrogen and oxygen atoms in total.